The van der Waals surface area contributed by atoms with Crippen LogP contribution in [0.4, 0.5) is 0 Å². The maximum absolute atomic E-state index is 12.1. The first kappa shape index (κ1) is 14.4. The quantitative estimate of drug-likeness (QED) is 0.549. The summed E-state index contributed by atoms with van der Waals surface area (Å²) in [6.07, 6.45) is 6.78. The Morgan fingerprint density at radius 3 is 1.74 bits per heavy atom. The molecule has 0 radical (unpaired) electrons. The topological polar surface area (TPSA) is 52.6 Å². The predicted molar refractivity (Wildman–Crippen MR) is 70.5 cm³/mol. The minimum Gasteiger partial charge on any atom is -0.461 e. The zero-order valence-electron chi connectivity index (χ0n) is 11.9. The highest BCUT2D eigenvalue weighted by Gasteiger charge is 2.60. The van der Waals surface area contributed by atoms with Crippen molar-refractivity contribution in [1.82, 2.24) is 0 Å². The van der Waals surface area contributed by atoms with Gasteiger partial charge >= 0.3 is 11.9 Å². The van der Waals surface area contributed by atoms with Crippen LogP contribution in [0.1, 0.15) is 65.2 Å². The van der Waals surface area contributed by atoms with E-state index in [9.17, 15) is 9.59 Å². The van der Waals surface area contributed by atoms with E-state index in [1.165, 1.54) is 0 Å². The molecule has 0 bridgehead atoms. The van der Waals surface area contributed by atoms with E-state index in [1.807, 2.05) is 0 Å². The smallest absolute Gasteiger partial charge is 0.324 e. The highest BCUT2D eigenvalue weighted by atomic mass is 16.6. The highest BCUT2D eigenvalue weighted by Crippen LogP contribution is 2.46. The number of cyclic esters (lactones) is 2. The average Bonchev–Trinajstić information content (AvgIpc) is 2.87. The first-order chi connectivity index (χ1) is 9.12. The Bertz CT molecular complexity index is 316. The van der Waals surface area contributed by atoms with Crippen molar-refractivity contribution < 1.29 is 19.1 Å². The zero-order valence-corrected chi connectivity index (χ0v) is 11.9. The second-order valence-corrected chi connectivity index (χ2v) is 5.83. The lowest BCUT2D eigenvalue weighted by Gasteiger charge is -2.11. The van der Waals surface area contributed by atoms with E-state index in [2.05, 4.69) is 13.8 Å². The van der Waals surface area contributed by atoms with Crippen molar-refractivity contribution >= 4 is 11.9 Å². The zero-order chi connectivity index (χ0) is 13.9. The van der Waals surface area contributed by atoms with Crippen LogP contribution >= 0.6 is 0 Å². The van der Waals surface area contributed by atoms with E-state index < -0.39 is 5.41 Å². The molecule has 0 aliphatic carbocycles. The monoisotopic (exact) mass is 268 g/mol. The molecule has 2 aliphatic heterocycles. The fourth-order valence-corrected chi connectivity index (χ4v) is 3.07. The fourth-order valence-electron chi connectivity index (χ4n) is 3.07. The Labute approximate surface area is 114 Å². The number of hydrogen-bond donors (Lipinski definition) is 0. The number of unbranched alkanes of at least 4 members (excludes halogenated alkanes) is 2. The Morgan fingerprint density at radius 1 is 0.947 bits per heavy atom. The Morgan fingerprint density at radius 2 is 1.37 bits per heavy atom. The first-order valence-corrected chi connectivity index (χ1v) is 7.54. The molecule has 19 heavy (non-hydrogen) atoms. The predicted octanol–water partition coefficient (Wildman–Crippen LogP) is 2.98. The number of carbonyl (C=O) groups is 2. The summed E-state index contributed by atoms with van der Waals surface area (Å²) in [5.41, 5.74) is -0.975. The number of rotatable bonds is 6. The molecule has 0 saturated carbocycles. The maximum atomic E-state index is 12.1. The van der Waals surface area contributed by atoms with Gasteiger partial charge in [0.2, 0.25) is 0 Å². The van der Waals surface area contributed by atoms with E-state index in [1.54, 1.807) is 0 Å². The maximum Gasteiger partial charge on any atom is 0.324 e. The second-order valence-electron chi connectivity index (χ2n) is 5.83. The average molecular weight is 268 g/mol. The molecule has 2 rings (SSSR count). The van der Waals surface area contributed by atoms with Gasteiger partial charge < -0.3 is 9.47 Å². The van der Waals surface area contributed by atoms with E-state index >= 15 is 0 Å². The van der Waals surface area contributed by atoms with Crippen LogP contribution < -0.4 is 0 Å². The normalized spacial score (nSPS) is 33.8. The minimum atomic E-state index is -0.975. The third-order valence-electron chi connectivity index (χ3n) is 4.24. The fraction of sp³-hybridized carbons (Fsp3) is 0.867. The Hall–Kier alpha value is -1.06. The first-order valence-electron chi connectivity index (χ1n) is 7.54. The number of hydrogen-bond acceptors (Lipinski definition) is 4. The molecule has 0 aromatic heterocycles. The van der Waals surface area contributed by atoms with Crippen molar-refractivity contribution in [3.63, 3.8) is 0 Å². The molecule has 2 unspecified atom stereocenters. The summed E-state index contributed by atoms with van der Waals surface area (Å²) in [4.78, 5) is 24.2. The van der Waals surface area contributed by atoms with Gasteiger partial charge in [-0.05, 0) is 12.8 Å². The second kappa shape index (κ2) is 5.93. The molecule has 0 N–H and O–H groups in total. The molecule has 108 valence electrons. The molecule has 4 heteroatoms. The number of esters is 2. The third-order valence-corrected chi connectivity index (χ3v) is 4.24. The SMILES string of the molecule is CCCCC1CC2(CC(CCCC)OC2=O)C(=O)O1. The third kappa shape index (κ3) is 2.77. The van der Waals surface area contributed by atoms with Crippen molar-refractivity contribution in [2.45, 2.75) is 77.4 Å². The van der Waals surface area contributed by atoms with Gasteiger partial charge in [-0.1, -0.05) is 39.5 Å². The van der Waals surface area contributed by atoms with Crippen LogP contribution in [0.15, 0.2) is 0 Å². The van der Waals surface area contributed by atoms with Crippen LogP contribution in [0.5, 0.6) is 0 Å². The van der Waals surface area contributed by atoms with Crippen molar-refractivity contribution in [1.29, 1.82) is 0 Å². The lowest BCUT2D eigenvalue weighted by molar-refractivity contribution is -0.158. The van der Waals surface area contributed by atoms with Gasteiger partial charge in [0.05, 0.1) is 0 Å². The molecule has 2 atom stereocenters. The van der Waals surface area contributed by atoms with Gasteiger partial charge in [-0.25, -0.2) is 0 Å². The van der Waals surface area contributed by atoms with Gasteiger partial charge in [0.1, 0.15) is 12.2 Å². The van der Waals surface area contributed by atoms with Crippen LogP contribution in [0.25, 0.3) is 0 Å². The number of carbonyl (C=O) groups excluding carboxylic acids is 2. The van der Waals surface area contributed by atoms with Crippen LogP contribution in [-0.4, -0.2) is 24.1 Å². The lowest BCUT2D eigenvalue weighted by Crippen LogP contribution is -2.31. The molecule has 2 heterocycles. The van der Waals surface area contributed by atoms with E-state index in [0.717, 1.165) is 38.5 Å². The molecular formula is C15H24O4. The summed E-state index contributed by atoms with van der Waals surface area (Å²) in [6, 6.07) is 0. The van der Waals surface area contributed by atoms with E-state index in [-0.39, 0.29) is 24.1 Å². The van der Waals surface area contributed by atoms with Crippen LogP contribution in [-0.2, 0) is 19.1 Å². The molecular weight excluding hydrogens is 244 g/mol. The van der Waals surface area contributed by atoms with Crippen molar-refractivity contribution in [2.24, 2.45) is 5.41 Å². The van der Waals surface area contributed by atoms with Crippen LogP contribution in [0, 0.1) is 5.41 Å². The standard InChI is InChI=1S/C15H24O4/c1-3-5-7-11-9-15(13(16)18-11)10-12(8-6-4-2)19-14(15)17/h11-12H,3-10H2,1-2H3. The summed E-state index contributed by atoms with van der Waals surface area (Å²) in [5, 5.41) is 0. The van der Waals surface area contributed by atoms with E-state index in [0.29, 0.717) is 12.8 Å². The van der Waals surface area contributed by atoms with Gasteiger partial charge in [0.25, 0.3) is 0 Å². The lowest BCUT2D eigenvalue weighted by atomic mass is 9.80. The van der Waals surface area contributed by atoms with Gasteiger partial charge in [0, 0.05) is 12.8 Å². The minimum absolute atomic E-state index is 0.0927. The van der Waals surface area contributed by atoms with Crippen molar-refractivity contribution in [3.05, 3.63) is 0 Å². The molecule has 4 nitrogen and oxygen atoms in total. The Kier molecular flexibility index (Phi) is 4.48. The number of ether oxygens (including phenoxy) is 2. The molecule has 1 spiro atoms. The summed E-state index contributed by atoms with van der Waals surface area (Å²) in [7, 11) is 0. The highest BCUT2D eigenvalue weighted by molar-refractivity contribution is 6.02. The molecule has 0 amide bonds. The van der Waals surface area contributed by atoms with Gasteiger partial charge in [-0.15, -0.1) is 0 Å². The summed E-state index contributed by atoms with van der Waals surface area (Å²) < 4.78 is 10.8. The van der Waals surface area contributed by atoms with Gasteiger partial charge in [-0.2, -0.15) is 0 Å². The molecule has 2 fully saturated rings. The van der Waals surface area contributed by atoms with Crippen LogP contribution in [0.2, 0.25) is 0 Å². The molecule has 0 aromatic carbocycles. The largest absolute Gasteiger partial charge is 0.461 e. The molecule has 2 aliphatic rings. The van der Waals surface area contributed by atoms with Crippen molar-refractivity contribution in [3.8, 4) is 0 Å². The van der Waals surface area contributed by atoms with E-state index in [4.69, 9.17) is 9.47 Å². The summed E-state index contributed by atoms with van der Waals surface area (Å²) in [6.45, 7) is 4.22. The Balaban J connectivity index is 1.98. The summed E-state index contributed by atoms with van der Waals surface area (Å²) in [5.74, 6) is -0.699. The van der Waals surface area contributed by atoms with Gasteiger partial charge in [0.15, 0.2) is 5.41 Å². The van der Waals surface area contributed by atoms with Gasteiger partial charge in [-0.3, -0.25) is 9.59 Å². The molecule has 0 aromatic rings. The van der Waals surface area contributed by atoms with Crippen LogP contribution in [0.3, 0.4) is 0 Å². The van der Waals surface area contributed by atoms with Crippen molar-refractivity contribution in [2.75, 3.05) is 0 Å². The summed E-state index contributed by atoms with van der Waals surface area (Å²) >= 11 is 0. The molecule has 2 saturated heterocycles.